The Morgan fingerprint density at radius 1 is 0.686 bits per heavy atom. The van der Waals surface area contributed by atoms with E-state index in [0.717, 1.165) is 40.3 Å². The third kappa shape index (κ3) is 4.25. The molecule has 0 aliphatic carbocycles. The van der Waals surface area contributed by atoms with Crippen LogP contribution in [0.15, 0.2) is 127 Å². The third-order valence-corrected chi connectivity index (χ3v) is 6.53. The maximum atomic E-state index is 6.19. The molecule has 6 rings (SSSR count). The van der Waals surface area contributed by atoms with Crippen molar-refractivity contribution < 1.29 is 0 Å². The SMILES string of the molecule is Clc1ccc(-c2nn(-c3ccccc3)cc2C2=NN(c3ccccc3)[C@H](c3ccccc3)C2)cc1. The fourth-order valence-electron chi connectivity index (χ4n) is 4.55. The van der Waals surface area contributed by atoms with Gasteiger partial charge in [-0.15, -0.1) is 0 Å². The van der Waals surface area contributed by atoms with Gasteiger partial charge in [0.25, 0.3) is 0 Å². The molecule has 2 heterocycles. The summed E-state index contributed by atoms with van der Waals surface area (Å²) in [6, 6.07) is 39.0. The standard InChI is InChI=1S/C30H23ClN4/c31-24-18-16-23(17-19-24)30-27(21-34(33-30)25-12-6-2-7-13-25)28-20-29(22-10-4-1-5-11-22)35(32-28)26-14-8-3-9-15-26/h1-19,21,29H,20H2/t29-/m0/s1. The third-order valence-electron chi connectivity index (χ3n) is 6.28. The number of benzene rings is 4. The molecule has 0 amide bonds. The summed E-state index contributed by atoms with van der Waals surface area (Å²) in [6.45, 7) is 0. The van der Waals surface area contributed by atoms with E-state index in [-0.39, 0.29) is 6.04 Å². The second-order valence-corrected chi connectivity index (χ2v) is 8.97. The molecule has 1 atom stereocenters. The van der Waals surface area contributed by atoms with Gasteiger partial charge >= 0.3 is 0 Å². The van der Waals surface area contributed by atoms with Crippen LogP contribution in [0.1, 0.15) is 23.6 Å². The second kappa shape index (κ2) is 9.24. The van der Waals surface area contributed by atoms with Gasteiger partial charge in [0.05, 0.1) is 23.1 Å². The van der Waals surface area contributed by atoms with E-state index in [1.54, 1.807) is 0 Å². The number of hydrazone groups is 1. The summed E-state index contributed by atoms with van der Waals surface area (Å²) in [4.78, 5) is 0. The van der Waals surface area contributed by atoms with Crippen LogP contribution in [0.25, 0.3) is 16.9 Å². The fraction of sp³-hybridized carbons (Fsp3) is 0.0667. The molecule has 0 saturated carbocycles. The van der Waals surface area contributed by atoms with Gasteiger partial charge in [0.1, 0.15) is 5.69 Å². The summed E-state index contributed by atoms with van der Waals surface area (Å²) in [5.41, 5.74) is 7.25. The van der Waals surface area contributed by atoms with Crippen molar-refractivity contribution in [3.63, 3.8) is 0 Å². The van der Waals surface area contributed by atoms with Crippen molar-refractivity contribution in [1.29, 1.82) is 0 Å². The molecule has 1 aliphatic rings. The fourth-order valence-corrected chi connectivity index (χ4v) is 4.67. The molecule has 4 nitrogen and oxygen atoms in total. The zero-order valence-electron chi connectivity index (χ0n) is 19.0. The molecule has 0 bridgehead atoms. The van der Waals surface area contributed by atoms with Gasteiger partial charge in [-0.3, -0.25) is 5.01 Å². The van der Waals surface area contributed by atoms with E-state index in [1.807, 2.05) is 53.2 Å². The van der Waals surface area contributed by atoms with E-state index < -0.39 is 0 Å². The largest absolute Gasteiger partial charge is 0.257 e. The number of nitrogens with zero attached hydrogens (tertiary/aromatic N) is 4. The minimum Gasteiger partial charge on any atom is -0.257 e. The second-order valence-electron chi connectivity index (χ2n) is 8.54. The van der Waals surface area contributed by atoms with Crippen molar-refractivity contribution in [1.82, 2.24) is 9.78 Å². The molecule has 1 aromatic heterocycles. The average molecular weight is 475 g/mol. The number of hydrogen-bond acceptors (Lipinski definition) is 3. The molecular weight excluding hydrogens is 452 g/mol. The van der Waals surface area contributed by atoms with E-state index in [0.29, 0.717) is 5.02 Å². The molecule has 1 aliphatic heterocycles. The summed E-state index contributed by atoms with van der Waals surface area (Å²) in [7, 11) is 0. The Balaban J connectivity index is 1.49. The van der Waals surface area contributed by atoms with Gasteiger partial charge in [-0.05, 0) is 42.0 Å². The molecule has 0 unspecified atom stereocenters. The summed E-state index contributed by atoms with van der Waals surface area (Å²) in [5.74, 6) is 0. The maximum absolute atomic E-state index is 6.19. The summed E-state index contributed by atoms with van der Waals surface area (Å²) in [5, 5.41) is 13.0. The molecule has 0 N–H and O–H groups in total. The Kier molecular flexibility index (Phi) is 5.65. The van der Waals surface area contributed by atoms with E-state index in [9.17, 15) is 0 Å². The summed E-state index contributed by atoms with van der Waals surface area (Å²) in [6.07, 6.45) is 2.87. The molecule has 0 spiro atoms. The van der Waals surface area contributed by atoms with Gasteiger partial charge < -0.3 is 0 Å². The van der Waals surface area contributed by atoms with Crippen LogP contribution in [-0.2, 0) is 0 Å². The topological polar surface area (TPSA) is 33.4 Å². The zero-order chi connectivity index (χ0) is 23.6. The molecule has 0 radical (unpaired) electrons. The highest BCUT2D eigenvalue weighted by molar-refractivity contribution is 6.30. The molecular formula is C30H23ClN4. The van der Waals surface area contributed by atoms with Crippen LogP contribution in [0.4, 0.5) is 5.69 Å². The minimum atomic E-state index is 0.103. The summed E-state index contributed by atoms with van der Waals surface area (Å²) < 4.78 is 1.94. The van der Waals surface area contributed by atoms with Gasteiger partial charge in [-0.25, -0.2) is 4.68 Å². The summed E-state index contributed by atoms with van der Waals surface area (Å²) >= 11 is 6.19. The molecule has 5 heteroatoms. The first kappa shape index (κ1) is 21.4. The molecule has 4 aromatic carbocycles. The van der Waals surface area contributed by atoms with E-state index in [1.165, 1.54) is 5.56 Å². The lowest BCUT2D eigenvalue weighted by Crippen LogP contribution is -2.18. The van der Waals surface area contributed by atoms with Crippen molar-refractivity contribution in [3.05, 3.63) is 138 Å². The minimum absolute atomic E-state index is 0.103. The van der Waals surface area contributed by atoms with Crippen LogP contribution >= 0.6 is 11.6 Å². The first-order valence-corrected chi connectivity index (χ1v) is 12.0. The highest BCUT2D eigenvalue weighted by Crippen LogP contribution is 2.38. The first-order valence-electron chi connectivity index (χ1n) is 11.6. The van der Waals surface area contributed by atoms with Crippen molar-refractivity contribution in [2.45, 2.75) is 12.5 Å². The van der Waals surface area contributed by atoms with Crippen LogP contribution in [0.5, 0.6) is 0 Å². The Bertz CT molecular complexity index is 1460. The number of para-hydroxylation sites is 2. The van der Waals surface area contributed by atoms with Crippen LogP contribution in [0.3, 0.4) is 0 Å². The number of hydrogen-bond donors (Lipinski definition) is 0. The van der Waals surface area contributed by atoms with Gasteiger partial charge in [0.2, 0.25) is 0 Å². The lowest BCUT2D eigenvalue weighted by atomic mass is 9.97. The predicted molar refractivity (Wildman–Crippen MR) is 143 cm³/mol. The maximum Gasteiger partial charge on any atom is 0.102 e. The molecule has 35 heavy (non-hydrogen) atoms. The van der Waals surface area contributed by atoms with E-state index in [4.69, 9.17) is 21.8 Å². The zero-order valence-corrected chi connectivity index (χ0v) is 19.8. The Labute approximate surface area is 209 Å². The Morgan fingerprint density at radius 2 is 1.29 bits per heavy atom. The Hall–Kier alpha value is -4.15. The van der Waals surface area contributed by atoms with Crippen LogP contribution in [0.2, 0.25) is 5.02 Å². The van der Waals surface area contributed by atoms with Gasteiger partial charge in [-0.1, -0.05) is 90.5 Å². The molecule has 5 aromatic rings. The lowest BCUT2D eigenvalue weighted by Gasteiger charge is -2.23. The monoisotopic (exact) mass is 474 g/mol. The van der Waals surface area contributed by atoms with Crippen molar-refractivity contribution >= 4 is 23.0 Å². The average Bonchev–Trinajstić information content (AvgIpc) is 3.56. The van der Waals surface area contributed by atoms with Crippen LogP contribution < -0.4 is 5.01 Å². The number of rotatable bonds is 5. The van der Waals surface area contributed by atoms with E-state index in [2.05, 4.69) is 77.9 Å². The quantitative estimate of drug-likeness (QED) is 0.263. The number of anilines is 1. The van der Waals surface area contributed by atoms with Gasteiger partial charge in [-0.2, -0.15) is 10.2 Å². The van der Waals surface area contributed by atoms with Crippen molar-refractivity contribution in [2.24, 2.45) is 5.10 Å². The van der Waals surface area contributed by atoms with Crippen molar-refractivity contribution in [3.8, 4) is 16.9 Å². The Morgan fingerprint density at radius 3 is 1.94 bits per heavy atom. The molecule has 0 saturated heterocycles. The van der Waals surface area contributed by atoms with Crippen LogP contribution in [0, 0.1) is 0 Å². The highest BCUT2D eigenvalue weighted by Gasteiger charge is 2.32. The van der Waals surface area contributed by atoms with Gasteiger partial charge in [0, 0.05) is 28.8 Å². The first-order chi connectivity index (χ1) is 17.3. The molecule has 0 fully saturated rings. The normalized spacial score (nSPS) is 15.3. The smallest absolute Gasteiger partial charge is 0.102 e. The van der Waals surface area contributed by atoms with Crippen molar-refractivity contribution in [2.75, 3.05) is 5.01 Å². The lowest BCUT2D eigenvalue weighted by molar-refractivity contribution is 0.709. The molecule has 170 valence electrons. The number of aromatic nitrogens is 2. The van der Waals surface area contributed by atoms with E-state index >= 15 is 0 Å². The van der Waals surface area contributed by atoms with Crippen LogP contribution in [-0.4, -0.2) is 15.5 Å². The predicted octanol–water partition coefficient (Wildman–Crippen LogP) is 7.55. The highest BCUT2D eigenvalue weighted by atomic mass is 35.5. The number of halogens is 1. The van der Waals surface area contributed by atoms with Gasteiger partial charge in [0.15, 0.2) is 0 Å².